The SMILES string of the molecule is Cc1cc(/C=C/C(=O)O)nc2ccc(C(C)(C)C)cc12. The molecule has 0 unspecified atom stereocenters. The van der Waals surface area contributed by atoms with E-state index in [9.17, 15) is 4.79 Å². The number of aryl methyl sites for hydroxylation is 1. The number of carboxylic acid groups (broad SMARTS) is 1. The van der Waals surface area contributed by atoms with Crippen molar-refractivity contribution < 1.29 is 9.90 Å². The van der Waals surface area contributed by atoms with Crippen molar-refractivity contribution in [3.63, 3.8) is 0 Å². The van der Waals surface area contributed by atoms with Gasteiger partial charge in [-0.3, -0.25) is 0 Å². The van der Waals surface area contributed by atoms with E-state index in [1.54, 1.807) is 0 Å². The number of nitrogens with zero attached hydrogens (tertiary/aromatic N) is 1. The summed E-state index contributed by atoms with van der Waals surface area (Å²) in [5.74, 6) is -0.965. The summed E-state index contributed by atoms with van der Waals surface area (Å²) >= 11 is 0. The molecule has 0 aliphatic heterocycles. The number of hydrogen-bond acceptors (Lipinski definition) is 2. The molecule has 0 fully saturated rings. The van der Waals surface area contributed by atoms with E-state index < -0.39 is 5.97 Å². The minimum absolute atomic E-state index is 0.0997. The lowest BCUT2D eigenvalue weighted by Crippen LogP contribution is -2.10. The molecule has 1 heterocycles. The first kappa shape index (κ1) is 14.3. The van der Waals surface area contributed by atoms with Crippen LogP contribution in [0.4, 0.5) is 0 Å². The Kier molecular flexibility index (Phi) is 3.62. The highest BCUT2D eigenvalue weighted by Gasteiger charge is 2.14. The number of hydrogen-bond donors (Lipinski definition) is 1. The Bertz CT molecular complexity index is 694. The summed E-state index contributed by atoms with van der Waals surface area (Å²) in [4.78, 5) is 15.0. The van der Waals surface area contributed by atoms with Crippen molar-refractivity contribution in [2.75, 3.05) is 0 Å². The third kappa shape index (κ3) is 3.05. The molecule has 1 aromatic carbocycles. The molecular weight excluding hydrogens is 250 g/mol. The van der Waals surface area contributed by atoms with E-state index in [1.807, 2.05) is 19.1 Å². The number of carbonyl (C=O) groups is 1. The molecule has 20 heavy (non-hydrogen) atoms. The van der Waals surface area contributed by atoms with Crippen molar-refractivity contribution in [2.24, 2.45) is 0 Å². The number of aromatic nitrogens is 1. The van der Waals surface area contributed by atoms with Crippen LogP contribution in [0.25, 0.3) is 17.0 Å². The van der Waals surface area contributed by atoms with E-state index in [-0.39, 0.29) is 5.41 Å². The molecule has 0 amide bonds. The second-order valence-corrected chi connectivity index (χ2v) is 6.02. The van der Waals surface area contributed by atoms with Gasteiger partial charge in [-0.05, 0) is 47.7 Å². The van der Waals surface area contributed by atoms with Crippen LogP contribution in [0.1, 0.15) is 37.6 Å². The minimum Gasteiger partial charge on any atom is -0.478 e. The maximum absolute atomic E-state index is 10.6. The van der Waals surface area contributed by atoms with Gasteiger partial charge in [0.15, 0.2) is 0 Å². The number of fused-ring (bicyclic) bond motifs is 1. The lowest BCUT2D eigenvalue weighted by atomic mass is 9.86. The topological polar surface area (TPSA) is 50.2 Å². The Labute approximate surface area is 119 Å². The van der Waals surface area contributed by atoms with Gasteiger partial charge in [0.1, 0.15) is 0 Å². The standard InChI is InChI=1S/C17H19NO2/c1-11-9-13(6-8-16(19)20)18-15-7-5-12(10-14(11)15)17(2,3)4/h5-10H,1-4H3,(H,19,20)/b8-6+. The third-order valence-corrected chi connectivity index (χ3v) is 3.30. The predicted molar refractivity (Wildman–Crippen MR) is 81.8 cm³/mol. The van der Waals surface area contributed by atoms with Crippen molar-refractivity contribution >= 4 is 22.9 Å². The summed E-state index contributed by atoms with van der Waals surface area (Å²) in [7, 11) is 0. The smallest absolute Gasteiger partial charge is 0.328 e. The highest BCUT2D eigenvalue weighted by molar-refractivity contribution is 5.87. The van der Waals surface area contributed by atoms with Crippen molar-refractivity contribution in [2.45, 2.75) is 33.1 Å². The van der Waals surface area contributed by atoms with E-state index in [2.05, 4.69) is 37.9 Å². The first-order chi connectivity index (χ1) is 9.27. The normalized spacial score (nSPS) is 12.2. The van der Waals surface area contributed by atoms with Gasteiger partial charge in [0.05, 0.1) is 11.2 Å². The van der Waals surface area contributed by atoms with Crippen molar-refractivity contribution in [3.05, 3.63) is 47.2 Å². The Morgan fingerprint density at radius 1 is 1.25 bits per heavy atom. The highest BCUT2D eigenvalue weighted by atomic mass is 16.4. The quantitative estimate of drug-likeness (QED) is 0.840. The van der Waals surface area contributed by atoms with Crippen LogP contribution in [-0.2, 0) is 10.2 Å². The summed E-state index contributed by atoms with van der Waals surface area (Å²) in [5, 5.41) is 9.78. The first-order valence-corrected chi connectivity index (χ1v) is 6.60. The molecule has 0 aliphatic rings. The number of benzene rings is 1. The molecule has 2 aromatic rings. The van der Waals surface area contributed by atoms with Crippen LogP contribution in [0, 0.1) is 6.92 Å². The number of carboxylic acids is 1. The molecular formula is C17H19NO2. The van der Waals surface area contributed by atoms with Crippen molar-refractivity contribution in [1.29, 1.82) is 0 Å². The summed E-state index contributed by atoms with van der Waals surface area (Å²) in [6.07, 6.45) is 2.63. The lowest BCUT2D eigenvalue weighted by molar-refractivity contribution is -0.131. The maximum Gasteiger partial charge on any atom is 0.328 e. The molecule has 0 saturated carbocycles. The molecule has 104 valence electrons. The number of aliphatic carboxylic acids is 1. The predicted octanol–water partition coefficient (Wildman–Crippen LogP) is 3.94. The van der Waals surface area contributed by atoms with Gasteiger partial charge in [0.2, 0.25) is 0 Å². The summed E-state index contributed by atoms with van der Waals surface area (Å²) in [6, 6.07) is 8.16. The first-order valence-electron chi connectivity index (χ1n) is 6.60. The lowest BCUT2D eigenvalue weighted by Gasteiger charge is -2.19. The van der Waals surface area contributed by atoms with Crippen LogP contribution in [0.3, 0.4) is 0 Å². The zero-order valence-corrected chi connectivity index (χ0v) is 12.3. The molecule has 2 rings (SSSR count). The third-order valence-electron chi connectivity index (χ3n) is 3.30. The summed E-state index contributed by atoms with van der Waals surface area (Å²) < 4.78 is 0. The van der Waals surface area contributed by atoms with Crippen molar-refractivity contribution in [1.82, 2.24) is 4.98 Å². The molecule has 1 aromatic heterocycles. The molecule has 3 heteroatoms. The van der Waals surface area contributed by atoms with Gasteiger partial charge in [-0.2, -0.15) is 0 Å². The van der Waals surface area contributed by atoms with Gasteiger partial charge in [-0.25, -0.2) is 9.78 Å². The van der Waals surface area contributed by atoms with Crippen LogP contribution in [0.2, 0.25) is 0 Å². The van der Waals surface area contributed by atoms with Crippen LogP contribution in [0.15, 0.2) is 30.3 Å². The molecule has 0 aliphatic carbocycles. The zero-order chi connectivity index (χ0) is 14.9. The van der Waals surface area contributed by atoms with E-state index >= 15 is 0 Å². The highest BCUT2D eigenvalue weighted by Crippen LogP contribution is 2.27. The average molecular weight is 269 g/mol. The summed E-state index contributed by atoms with van der Waals surface area (Å²) in [5.41, 5.74) is 4.03. The number of pyridine rings is 1. The molecule has 1 N–H and O–H groups in total. The molecule has 0 radical (unpaired) electrons. The Morgan fingerprint density at radius 2 is 1.95 bits per heavy atom. The molecule has 0 saturated heterocycles. The molecule has 0 bridgehead atoms. The van der Waals surface area contributed by atoms with Gasteiger partial charge >= 0.3 is 5.97 Å². The van der Waals surface area contributed by atoms with Gasteiger partial charge in [-0.1, -0.05) is 26.8 Å². The van der Waals surface area contributed by atoms with Crippen LogP contribution in [-0.4, -0.2) is 16.1 Å². The fraction of sp³-hybridized carbons (Fsp3) is 0.294. The monoisotopic (exact) mass is 269 g/mol. The van der Waals surface area contributed by atoms with E-state index in [4.69, 9.17) is 5.11 Å². The second kappa shape index (κ2) is 5.08. The Balaban J connectivity index is 2.55. The van der Waals surface area contributed by atoms with Gasteiger partial charge in [-0.15, -0.1) is 0 Å². The largest absolute Gasteiger partial charge is 0.478 e. The fourth-order valence-electron chi connectivity index (χ4n) is 2.13. The van der Waals surface area contributed by atoms with Gasteiger partial charge < -0.3 is 5.11 Å². The maximum atomic E-state index is 10.6. The van der Waals surface area contributed by atoms with E-state index in [1.165, 1.54) is 11.6 Å². The fourth-order valence-corrected chi connectivity index (χ4v) is 2.13. The van der Waals surface area contributed by atoms with Crippen molar-refractivity contribution in [3.8, 4) is 0 Å². The zero-order valence-electron chi connectivity index (χ0n) is 12.3. The Morgan fingerprint density at radius 3 is 2.55 bits per heavy atom. The van der Waals surface area contributed by atoms with E-state index in [0.717, 1.165) is 22.5 Å². The second-order valence-electron chi connectivity index (χ2n) is 6.02. The van der Waals surface area contributed by atoms with E-state index in [0.29, 0.717) is 5.69 Å². The van der Waals surface area contributed by atoms with Crippen LogP contribution >= 0.6 is 0 Å². The number of rotatable bonds is 2. The Hall–Kier alpha value is -2.16. The van der Waals surface area contributed by atoms with Gasteiger partial charge in [0, 0.05) is 11.5 Å². The van der Waals surface area contributed by atoms with Crippen LogP contribution < -0.4 is 0 Å². The molecule has 0 spiro atoms. The average Bonchev–Trinajstić information content (AvgIpc) is 2.35. The minimum atomic E-state index is -0.965. The molecule has 0 atom stereocenters. The van der Waals surface area contributed by atoms with Gasteiger partial charge in [0.25, 0.3) is 0 Å². The van der Waals surface area contributed by atoms with Crippen LogP contribution in [0.5, 0.6) is 0 Å². The summed E-state index contributed by atoms with van der Waals surface area (Å²) in [6.45, 7) is 8.57. The molecule has 3 nitrogen and oxygen atoms in total.